The molecular formula is C20H12N4O10. The predicted molar refractivity (Wildman–Crippen MR) is 104 cm³/mol. The quantitative estimate of drug-likeness (QED) is 0.158. The van der Waals surface area contributed by atoms with Gasteiger partial charge in [0.1, 0.15) is 0 Å². The number of amides is 8. The summed E-state index contributed by atoms with van der Waals surface area (Å²) < 4.78 is 0. The Labute approximate surface area is 187 Å². The molecule has 34 heavy (non-hydrogen) atoms. The van der Waals surface area contributed by atoms with Gasteiger partial charge in [-0.15, -0.1) is 0 Å². The van der Waals surface area contributed by atoms with Crippen LogP contribution in [0.15, 0.2) is 24.3 Å². The van der Waals surface area contributed by atoms with E-state index in [1.165, 1.54) is 0 Å². The number of hydrogen-bond donors (Lipinski definition) is 8. The van der Waals surface area contributed by atoms with Gasteiger partial charge in [0.05, 0.1) is 0 Å². The van der Waals surface area contributed by atoms with Gasteiger partial charge < -0.3 is 20.4 Å². The van der Waals surface area contributed by atoms with Crippen LogP contribution in [0.1, 0.15) is 22.3 Å². The van der Waals surface area contributed by atoms with Crippen molar-refractivity contribution >= 4 is 35.7 Å². The van der Waals surface area contributed by atoms with E-state index in [1.54, 1.807) is 0 Å². The van der Waals surface area contributed by atoms with Gasteiger partial charge in [-0.2, -0.15) is 0 Å². The molecule has 8 amide bonds. The lowest BCUT2D eigenvalue weighted by atomic mass is 9.55. The lowest BCUT2D eigenvalue weighted by Crippen LogP contribution is -2.71. The summed E-state index contributed by atoms with van der Waals surface area (Å²) >= 11 is 0. The van der Waals surface area contributed by atoms with Gasteiger partial charge in [0, 0.05) is 0 Å². The zero-order chi connectivity index (χ0) is 24.7. The lowest BCUT2D eigenvalue weighted by molar-refractivity contribution is -0.140. The van der Waals surface area contributed by atoms with Crippen LogP contribution in [0.3, 0.4) is 0 Å². The number of benzene rings is 2. The second kappa shape index (κ2) is 6.22. The van der Waals surface area contributed by atoms with E-state index in [0.29, 0.717) is 0 Å². The van der Waals surface area contributed by atoms with Gasteiger partial charge in [-0.05, 0) is 46.5 Å². The van der Waals surface area contributed by atoms with Crippen molar-refractivity contribution in [1.29, 1.82) is 0 Å². The number of fused-ring (bicyclic) bond motifs is 6. The molecule has 2 aromatic carbocycles. The summed E-state index contributed by atoms with van der Waals surface area (Å²) in [7, 11) is 0. The Kier molecular flexibility index (Phi) is 3.79. The van der Waals surface area contributed by atoms with Gasteiger partial charge in [0.15, 0.2) is 33.8 Å². The summed E-state index contributed by atoms with van der Waals surface area (Å²) in [6.07, 6.45) is 0. The van der Waals surface area contributed by atoms with E-state index in [1.807, 2.05) is 21.3 Å². The maximum atomic E-state index is 13.3. The van der Waals surface area contributed by atoms with Crippen LogP contribution in [0.25, 0.3) is 0 Å². The van der Waals surface area contributed by atoms with Crippen LogP contribution < -0.4 is 21.3 Å². The molecule has 5 rings (SSSR count). The Balaban J connectivity index is 2.03. The Morgan fingerprint density at radius 2 is 0.647 bits per heavy atom. The molecule has 2 saturated heterocycles. The van der Waals surface area contributed by atoms with Crippen LogP contribution in [-0.4, -0.2) is 56.1 Å². The SMILES string of the molecule is O=C1NC(=O)C2(C(=O)N1)c1cc(O)c(O)cc1C1(C(=O)NC(=O)NC1=O)c1cc(O)c(O)cc12. The molecule has 2 spiro atoms. The number of rotatable bonds is 0. The van der Waals surface area contributed by atoms with E-state index in [-0.39, 0.29) is 0 Å². The monoisotopic (exact) mass is 468 g/mol. The van der Waals surface area contributed by atoms with E-state index >= 15 is 0 Å². The Hall–Kier alpha value is -5.14. The van der Waals surface area contributed by atoms with Gasteiger partial charge in [-0.1, -0.05) is 0 Å². The molecular weight excluding hydrogens is 456 g/mol. The maximum Gasteiger partial charge on any atom is 0.328 e. The third kappa shape index (κ3) is 2.18. The van der Waals surface area contributed by atoms with E-state index in [0.717, 1.165) is 24.3 Å². The molecule has 0 aromatic heterocycles. The van der Waals surface area contributed by atoms with Crippen molar-refractivity contribution in [3.05, 3.63) is 46.5 Å². The molecule has 2 fully saturated rings. The van der Waals surface area contributed by atoms with Crippen LogP contribution in [0.2, 0.25) is 0 Å². The Morgan fingerprint density at radius 3 is 0.853 bits per heavy atom. The van der Waals surface area contributed by atoms with Crippen LogP contribution in [-0.2, 0) is 30.0 Å². The van der Waals surface area contributed by atoms with Crippen LogP contribution in [0, 0.1) is 0 Å². The van der Waals surface area contributed by atoms with Gasteiger partial charge in [0.2, 0.25) is 0 Å². The minimum Gasteiger partial charge on any atom is -0.504 e. The third-order valence-corrected chi connectivity index (χ3v) is 6.12. The number of hydrogen-bond acceptors (Lipinski definition) is 10. The fraction of sp³-hybridized carbons (Fsp3) is 0.100. The summed E-state index contributed by atoms with van der Waals surface area (Å²) in [5.74, 6) is -8.53. The zero-order valence-electron chi connectivity index (χ0n) is 16.5. The molecule has 2 aliphatic heterocycles. The molecule has 0 radical (unpaired) electrons. The first-order chi connectivity index (χ1) is 15.9. The zero-order valence-corrected chi connectivity index (χ0v) is 16.5. The van der Waals surface area contributed by atoms with Gasteiger partial charge >= 0.3 is 12.1 Å². The molecule has 1 aliphatic carbocycles. The molecule has 0 saturated carbocycles. The highest BCUT2D eigenvalue weighted by atomic mass is 16.3. The van der Waals surface area contributed by atoms with Crippen LogP contribution in [0.4, 0.5) is 9.59 Å². The number of phenols is 4. The molecule has 0 unspecified atom stereocenters. The van der Waals surface area contributed by atoms with E-state index in [4.69, 9.17) is 0 Å². The first-order valence-electron chi connectivity index (χ1n) is 9.43. The van der Waals surface area contributed by atoms with Crippen molar-refractivity contribution in [1.82, 2.24) is 21.3 Å². The topological polar surface area (TPSA) is 231 Å². The standard InChI is InChI=1S/C20H12N4O10/c25-9-1-5-6(2-10(9)26)20(15(31)23-18(34)24-16(20)32)8-4-12(28)11(27)3-7(8)19(5)13(29)21-17(33)22-14(19)30/h1-4,25-28H,(H2,21,22,29,30,33)(H2,23,24,31,32,34). The van der Waals surface area contributed by atoms with Crippen molar-refractivity contribution in [3.63, 3.8) is 0 Å². The van der Waals surface area contributed by atoms with Crippen LogP contribution >= 0.6 is 0 Å². The Bertz CT molecular complexity index is 1220. The third-order valence-electron chi connectivity index (χ3n) is 6.12. The van der Waals surface area contributed by atoms with Gasteiger partial charge in [0.25, 0.3) is 23.6 Å². The van der Waals surface area contributed by atoms with Crippen LogP contribution in [0.5, 0.6) is 23.0 Å². The van der Waals surface area contributed by atoms with Gasteiger partial charge in [-0.3, -0.25) is 40.4 Å². The first-order valence-corrected chi connectivity index (χ1v) is 9.43. The summed E-state index contributed by atoms with van der Waals surface area (Å²) in [6, 6.07) is 0.592. The number of barbiturate groups is 2. The molecule has 2 aromatic rings. The minimum absolute atomic E-state index is 0.512. The predicted octanol–water partition coefficient (Wildman–Crippen LogP) is -1.87. The highest BCUT2D eigenvalue weighted by Gasteiger charge is 2.66. The summed E-state index contributed by atoms with van der Waals surface area (Å²) in [6.45, 7) is 0. The Morgan fingerprint density at radius 1 is 0.441 bits per heavy atom. The number of nitrogens with one attached hydrogen (secondary N) is 4. The van der Waals surface area contributed by atoms with Crippen molar-refractivity contribution in [2.75, 3.05) is 0 Å². The van der Waals surface area contributed by atoms with E-state index in [2.05, 4.69) is 0 Å². The number of carbonyl (C=O) groups excluding carboxylic acids is 6. The fourth-order valence-corrected chi connectivity index (χ4v) is 4.72. The highest BCUT2D eigenvalue weighted by molar-refractivity contribution is 6.30. The highest BCUT2D eigenvalue weighted by Crippen LogP contribution is 2.55. The smallest absolute Gasteiger partial charge is 0.328 e. The second-order valence-corrected chi connectivity index (χ2v) is 7.75. The molecule has 0 atom stereocenters. The first kappa shape index (κ1) is 20.7. The second-order valence-electron chi connectivity index (χ2n) is 7.75. The molecule has 172 valence electrons. The summed E-state index contributed by atoms with van der Waals surface area (Å²) in [5, 5.41) is 48.3. The molecule has 8 N–H and O–H groups in total. The van der Waals surface area contributed by atoms with Crippen molar-refractivity contribution < 1.29 is 49.2 Å². The van der Waals surface area contributed by atoms with Crippen molar-refractivity contribution in [2.45, 2.75) is 10.8 Å². The van der Waals surface area contributed by atoms with E-state index in [9.17, 15) is 49.2 Å². The molecule has 14 nitrogen and oxygen atoms in total. The number of imide groups is 4. The molecule has 3 aliphatic rings. The fourth-order valence-electron chi connectivity index (χ4n) is 4.72. The molecule has 0 bridgehead atoms. The summed E-state index contributed by atoms with van der Waals surface area (Å²) in [4.78, 5) is 76.6. The number of aromatic hydroxyl groups is 4. The van der Waals surface area contributed by atoms with Gasteiger partial charge in [-0.25, -0.2) is 9.59 Å². The molecule has 2 heterocycles. The number of phenolic OH excluding ortho intramolecular Hbond substituents is 4. The molecule has 14 heteroatoms. The average Bonchev–Trinajstić information content (AvgIpc) is 2.72. The largest absolute Gasteiger partial charge is 0.504 e. The number of carbonyl (C=O) groups is 6. The number of urea groups is 2. The summed E-state index contributed by atoms with van der Waals surface area (Å²) in [5.41, 5.74) is -7.21. The normalized spacial score (nSPS) is 19.6. The average molecular weight is 468 g/mol. The van der Waals surface area contributed by atoms with E-state index < -0.39 is 91.8 Å². The maximum absolute atomic E-state index is 13.3. The minimum atomic E-state index is -2.58. The van der Waals surface area contributed by atoms with Crippen molar-refractivity contribution in [2.24, 2.45) is 0 Å². The lowest BCUT2D eigenvalue weighted by Gasteiger charge is -2.47. The van der Waals surface area contributed by atoms with Crippen molar-refractivity contribution in [3.8, 4) is 23.0 Å².